The molecule has 32 heavy (non-hydrogen) atoms. The fourth-order valence-electron chi connectivity index (χ4n) is 3.80. The number of rotatable bonds is 6. The maximum absolute atomic E-state index is 12.8. The van der Waals surface area contributed by atoms with Crippen LogP contribution in [-0.4, -0.2) is 26.9 Å². The quantitative estimate of drug-likeness (QED) is 0.476. The molecule has 1 N–H and O–H groups in total. The molecule has 1 unspecified atom stereocenters. The van der Waals surface area contributed by atoms with Crippen molar-refractivity contribution in [1.82, 2.24) is 14.5 Å². The number of imidazole rings is 1. The van der Waals surface area contributed by atoms with E-state index in [0.717, 1.165) is 11.1 Å². The summed E-state index contributed by atoms with van der Waals surface area (Å²) >= 11 is 0. The van der Waals surface area contributed by atoms with Crippen molar-refractivity contribution < 1.29 is 19.1 Å². The number of imide groups is 1. The second kappa shape index (κ2) is 9.05. The molecule has 8 heteroatoms. The smallest absolute Gasteiger partial charge is 0.329 e. The van der Waals surface area contributed by atoms with Crippen LogP contribution in [0.4, 0.5) is 0 Å². The molecule has 1 aliphatic heterocycles. The van der Waals surface area contributed by atoms with Gasteiger partial charge < -0.3 is 4.74 Å². The summed E-state index contributed by atoms with van der Waals surface area (Å²) in [4.78, 5) is 48.5. The maximum atomic E-state index is 12.8. The molecule has 2 amide bonds. The summed E-state index contributed by atoms with van der Waals surface area (Å²) in [5.74, 6) is -1.12. The molecule has 164 valence electrons. The number of aryl methyl sites for hydroxylation is 1. The number of carbonyl (C=O) groups excluding carboxylic acids is 3. The minimum atomic E-state index is -0.718. The average Bonchev–Trinajstić information content (AvgIpc) is 3.03. The molecule has 3 aromatic rings. The predicted octanol–water partition coefficient (Wildman–Crippen LogP) is 2.46. The van der Waals surface area contributed by atoms with Gasteiger partial charge in [0.2, 0.25) is 11.8 Å². The number of fused-ring (bicyclic) bond motifs is 1. The number of hydrogen-bond donors (Lipinski definition) is 1. The lowest BCUT2D eigenvalue weighted by Gasteiger charge is -2.21. The summed E-state index contributed by atoms with van der Waals surface area (Å²) < 4.78 is 8.17. The van der Waals surface area contributed by atoms with E-state index in [9.17, 15) is 19.2 Å². The third kappa shape index (κ3) is 4.39. The molecule has 0 aliphatic carbocycles. The third-order valence-corrected chi connectivity index (χ3v) is 5.47. The van der Waals surface area contributed by atoms with Crippen molar-refractivity contribution in [1.29, 1.82) is 0 Å². The van der Waals surface area contributed by atoms with Gasteiger partial charge in [0.05, 0.1) is 17.5 Å². The number of piperidine rings is 1. The number of carbonyl (C=O) groups is 3. The van der Waals surface area contributed by atoms with Gasteiger partial charge in [0.25, 0.3) is 0 Å². The average molecular weight is 433 g/mol. The Balaban J connectivity index is 1.47. The highest BCUT2D eigenvalue weighted by Gasteiger charge is 2.31. The van der Waals surface area contributed by atoms with Crippen molar-refractivity contribution in [2.75, 3.05) is 0 Å². The van der Waals surface area contributed by atoms with Gasteiger partial charge in [0.1, 0.15) is 12.6 Å². The molecule has 0 spiro atoms. The Labute approximate surface area is 184 Å². The molecular weight excluding hydrogens is 410 g/mol. The van der Waals surface area contributed by atoms with Crippen LogP contribution in [0.1, 0.15) is 36.4 Å². The van der Waals surface area contributed by atoms with E-state index in [4.69, 9.17) is 4.74 Å². The number of nitrogens with zero attached hydrogens (tertiary/aromatic N) is 2. The second-order valence-electron chi connectivity index (χ2n) is 7.68. The van der Waals surface area contributed by atoms with Gasteiger partial charge in [0.15, 0.2) is 0 Å². The van der Waals surface area contributed by atoms with E-state index in [1.165, 1.54) is 9.13 Å². The van der Waals surface area contributed by atoms with E-state index in [0.29, 0.717) is 11.0 Å². The van der Waals surface area contributed by atoms with E-state index in [-0.39, 0.29) is 43.4 Å². The number of aromatic nitrogens is 2. The van der Waals surface area contributed by atoms with Crippen LogP contribution in [0.3, 0.4) is 0 Å². The molecule has 1 aromatic heterocycles. The van der Waals surface area contributed by atoms with E-state index >= 15 is 0 Å². The molecule has 4 rings (SSSR count). The lowest BCUT2D eigenvalue weighted by atomic mass is 10.1. The first kappa shape index (κ1) is 21.3. The van der Waals surface area contributed by atoms with E-state index < -0.39 is 11.9 Å². The van der Waals surface area contributed by atoms with Crippen LogP contribution in [0.2, 0.25) is 0 Å². The summed E-state index contributed by atoms with van der Waals surface area (Å²) in [6, 6.07) is 14.2. The van der Waals surface area contributed by atoms with Crippen molar-refractivity contribution in [3.05, 3.63) is 76.2 Å². The van der Waals surface area contributed by atoms with Crippen molar-refractivity contribution in [3.63, 3.8) is 0 Å². The fourth-order valence-corrected chi connectivity index (χ4v) is 3.80. The van der Waals surface area contributed by atoms with Crippen LogP contribution in [0.25, 0.3) is 17.1 Å². The van der Waals surface area contributed by atoms with Crippen LogP contribution in [-0.2, 0) is 32.8 Å². The molecule has 1 fully saturated rings. The van der Waals surface area contributed by atoms with Gasteiger partial charge in [-0.15, -0.1) is 0 Å². The molecule has 0 saturated carbocycles. The van der Waals surface area contributed by atoms with Crippen LogP contribution < -0.4 is 11.0 Å². The molecule has 2 heterocycles. The first-order chi connectivity index (χ1) is 15.4. The molecule has 0 radical (unpaired) electrons. The molecule has 1 aliphatic rings. The summed E-state index contributed by atoms with van der Waals surface area (Å²) in [6.07, 6.45) is 4.11. The van der Waals surface area contributed by atoms with Crippen molar-refractivity contribution in [3.8, 4) is 0 Å². The monoisotopic (exact) mass is 433 g/mol. The van der Waals surface area contributed by atoms with Crippen molar-refractivity contribution in [2.45, 2.75) is 31.9 Å². The Morgan fingerprint density at radius 3 is 2.66 bits per heavy atom. The fraction of sp³-hybridized carbons (Fsp3) is 0.250. The normalized spacial score (nSPS) is 16.5. The van der Waals surface area contributed by atoms with Gasteiger partial charge in [-0.05, 0) is 29.7 Å². The summed E-state index contributed by atoms with van der Waals surface area (Å²) in [5.41, 5.74) is 2.70. The SMILES string of the molecule is Cn1c(=O)n(C2CCC(=O)NC2=O)c2ccc(/C=C/CC(=O)OCc3ccccc3)cc21. The highest BCUT2D eigenvalue weighted by Crippen LogP contribution is 2.24. The van der Waals surface area contributed by atoms with Gasteiger partial charge in [-0.2, -0.15) is 0 Å². The molecule has 1 atom stereocenters. The zero-order chi connectivity index (χ0) is 22.7. The van der Waals surface area contributed by atoms with Gasteiger partial charge in [-0.3, -0.25) is 28.8 Å². The van der Waals surface area contributed by atoms with Crippen LogP contribution in [0.15, 0.2) is 59.4 Å². The summed E-state index contributed by atoms with van der Waals surface area (Å²) in [5, 5.41) is 2.30. The Bertz CT molecular complexity index is 1270. The van der Waals surface area contributed by atoms with Crippen LogP contribution in [0, 0.1) is 0 Å². The lowest BCUT2D eigenvalue weighted by Crippen LogP contribution is -2.44. The van der Waals surface area contributed by atoms with E-state index in [1.54, 1.807) is 25.3 Å². The van der Waals surface area contributed by atoms with Gasteiger partial charge in [0, 0.05) is 13.5 Å². The largest absolute Gasteiger partial charge is 0.461 e. The van der Waals surface area contributed by atoms with Gasteiger partial charge >= 0.3 is 11.7 Å². The minimum absolute atomic E-state index is 0.126. The zero-order valence-corrected chi connectivity index (χ0v) is 17.6. The standard InChI is InChI=1S/C24H23N3O5/c1-26-20-14-16(8-5-9-22(29)32-15-17-6-3-2-4-7-17)10-11-18(20)27(24(26)31)19-12-13-21(28)25-23(19)30/h2-8,10-11,14,19H,9,12-13,15H2,1H3,(H,25,28,30)/b8-5+. The predicted molar refractivity (Wildman–Crippen MR) is 118 cm³/mol. The number of hydrogen-bond acceptors (Lipinski definition) is 5. The first-order valence-electron chi connectivity index (χ1n) is 10.3. The maximum Gasteiger partial charge on any atom is 0.329 e. The molecular formula is C24H23N3O5. The van der Waals surface area contributed by atoms with Crippen molar-refractivity contribution in [2.24, 2.45) is 7.05 Å². The molecule has 8 nitrogen and oxygen atoms in total. The Morgan fingerprint density at radius 2 is 1.91 bits per heavy atom. The van der Waals surface area contributed by atoms with Gasteiger partial charge in [-0.25, -0.2) is 4.79 Å². The van der Waals surface area contributed by atoms with Crippen molar-refractivity contribution >= 4 is 34.9 Å². The molecule has 1 saturated heterocycles. The number of esters is 1. The third-order valence-electron chi connectivity index (χ3n) is 5.47. The van der Waals surface area contributed by atoms with E-state index in [1.807, 2.05) is 42.5 Å². The summed E-state index contributed by atoms with van der Waals surface area (Å²) in [6.45, 7) is 0.232. The number of ether oxygens (including phenoxy) is 1. The Morgan fingerprint density at radius 1 is 1.12 bits per heavy atom. The highest BCUT2D eigenvalue weighted by molar-refractivity contribution is 6.00. The highest BCUT2D eigenvalue weighted by atomic mass is 16.5. The molecule has 2 aromatic carbocycles. The minimum Gasteiger partial charge on any atom is -0.461 e. The number of benzene rings is 2. The van der Waals surface area contributed by atoms with Gasteiger partial charge in [-0.1, -0.05) is 48.6 Å². The Hall–Kier alpha value is -3.94. The summed E-state index contributed by atoms with van der Waals surface area (Å²) in [7, 11) is 1.64. The van der Waals surface area contributed by atoms with Crippen LogP contribution in [0.5, 0.6) is 0 Å². The van der Waals surface area contributed by atoms with Crippen LogP contribution >= 0.6 is 0 Å². The molecule has 0 bridgehead atoms. The number of amides is 2. The second-order valence-corrected chi connectivity index (χ2v) is 7.68. The number of nitrogens with one attached hydrogen (secondary N) is 1. The zero-order valence-electron chi connectivity index (χ0n) is 17.6. The topological polar surface area (TPSA) is 99.4 Å². The first-order valence-corrected chi connectivity index (χ1v) is 10.3. The lowest BCUT2D eigenvalue weighted by molar-refractivity contribution is -0.144. The Kier molecular flexibility index (Phi) is 6.02. The van der Waals surface area contributed by atoms with E-state index in [2.05, 4.69) is 5.32 Å².